The van der Waals surface area contributed by atoms with E-state index in [9.17, 15) is 4.79 Å². The van der Waals surface area contributed by atoms with Crippen LogP contribution in [0.5, 0.6) is 0 Å². The summed E-state index contributed by atoms with van der Waals surface area (Å²) >= 11 is 1.29. The van der Waals surface area contributed by atoms with Crippen LogP contribution >= 0.6 is 11.8 Å². The standard InChI is InChI=1S/C6H10N6OS/c7-8-5(13)3-14-6-9-10-11-12(6)4-1-2-4/h4H,1-3,7H2,(H,8,13). The Bertz CT molecular complexity index is 335. The highest BCUT2D eigenvalue weighted by Gasteiger charge is 2.27. The lowest BCUT2D eigenvalue weighted by molar-refractivity contribution is -0.118. The molecule has 3 N–H and O–H groups in total. The van der Waals surface area contributed by atoms with E-state index in [2.05, 4.69) is 21.0 Å². The lowest BCUT2D eigenvalue weighted by atomic mass is 10.7. The number of hydrogen-bond donors (Lipinski definition) is 2. The van der Waals surface area contributed by atoms with E-state index in [1.807, 2.05) is 0 Å². The second-order valence-corrected chi connectivity index (χ2v) is 3.94. The number of carbonyl (C=O) groups excluding carboxylic acids is 1. The van der Waals surface area contributed by atoms with Gasteiger partial charge in [0.15, 0.2) is 0 Å². The summed E-state index contributed by atoms with van der Waals surface area (Å²) in [6, 6.07) is 0.424. The van der Waals surface area contributed by atoms with Crippen molar-refractivity contribution in [2.45, 2.75) is 24.0 Å². The first-order valence-corrected chi connectivity index (χ1v) is 5.20. The predicted octanol–water partition coefficient (Wildman–Crippen LogP) is -0.910. The minimum atomic E-state index is -0.236. The molecule has 8 heteroatoms. The van der Waals surface area contributed by atoms with Crippen molar-refractivity contribution in [3.8, 4) is 0 Å². The number of nitrogens with one attached hydrogen (secondary N) is 1. The molecule has 1 saturated carbocycles. The SMILES string of the molecule is NNC(=O)CSc1nnnn1C1CC1. The maximum absolute atomic E-state index is 10.9. The first-order valence-electron chi connectivity index (χ1n) is 4.21. The number of amides is 1. The topological polar surface area (TPSA) is 98.7 Å². The van der Waals surface area contributed by atoms with Crippen molar-refractivity contribution < 1.29 is 4.79 Å². The number of carbonyl (C=O) groups is 1. The van der Waals surface area contributed by atoms with Crippen LogP contribution in [0.15, 0.2) is 5.16 Å². The van der Waals surface area contributed by atoms with Gasteiger partial charge in [-0.05, 0) is 23.3 Å². The van der Waals surface area contributed by atoms with Crippen LogP contribution in [0, 0.1) is 0 Å². The van der Waals surface area contributed by atoms with Gasteiger partial charge in [-0.2, -0.15) is 0 Å². The molecule has 0 spiro atoms. The van der Waals surface area contributed by atoms with Crippen LogP contribution in [0.3, 0.4) is 0 Å². The Balaban J connectivity index is 1.94. The predicted molar refractivity (Wildman–Crippen MR) is 49.1 cm³/mol. The van der Waals surface area contributed by atoms with Gasteiger partial charge in [-0.15, -0.1) is 5.10 Å². The van der Waals surface area contributed by atoms with Gasteiger partial charge < -0.3 is 0 Å². The van der Waals surface area contributed by atoms with Gasteiger partial charge in [0.05, 0.1) is 11.8 Å². The number of rotatable bonds is 4. The Hall–Kier alpha value is -1.15. The molecular weight excluding hydrogens is 204 g/mol. The zero-order valence-corrected chi connectivity index (χ0v) is 8.20. The van der Waals surface area contributed by atoms with Crippen LogP contribution in [0.2, 0.25) is 0 Å². The van der Waals surface area contributed by atoms with Crippen LogP contribution in [-0.4, -0.2) is 31.9 Å². The van der Waals surface area contributed by atoms with Crippen LogP contribution < -0.4 is 11.3 Å². The van der Waals surface area contributed by atoms with Crippen molar-refractivity contribution in [3.63, 3.8) is 0 Å². The summed E-state index contributed by atoms with van der Waals surface area (Å²) < 4.78 is 1.76. The van der Waals surface area contributed by atoms with Crippen LogP contribution in [-0.2, 0) is 4.79 Å². The van der Waals surface area contributed by atoms with Gasteiger partial charge in [0.25, 0.3) is 0 Å². The lowest BCUT2D eigenvalue weighted by Crippen LogP contribution is -2.31. The Kier molecular flexibility index (Phi) is 2.64. The fourth-order valence-electron chi connectivity index (χ4n) is 1.00. The molecule has 0 aliphatic heterocycles. The molecule has 1 aliphatic carbocycles. The highest BCUT2D eigenvalue weighted by Crippen LogP contribution is 2.36. The maximum Gasteiger partial charge on any atom is 0.244 e. The molecule has 7 nitrogen and oxygen atoms in total. The molecule has 1 aromatic heterocycles. The van der Waals surface area contributed by atoms with Crippen molar-refractivity contribution >= 4 is 17.7 Å². The lowest BCUT2D eigenvalue weighted by Gasteiger charge is -2.00. The van der Waals surface area contributed by atoms with Gasteiger partial charge in [-0.25, -0.2) is 10.5 Å². The molecule has 14 heavy (non-hydrogen) atoms. The highest BCUT2D eigenvalue weighted by atomic mass is 32.2. The summed E-state index contributed by atoms with van der Waals surface area (Å²) in [5.74, 6) is 4.95. The highest BCUT2D eigenvalue weighted by molar-refractivity contribution is 7.99. The van der Waals surface area contributed by atoms with Crippen molar-refractivity contribution in [2.24, 2.45) is 5.84 Å². The van der Waals surface area contributed by atoms with Crippen molar-refractivity contribution in [2.75, 3.05) is 5.75 Å². The number of thioether (sulfide) groups is 1. The van der Waals surface area contributed by atoms with Gasteiger partial charge in [0, 0.05) is 0 Å². The van der Waals surface area contributed by atoms with Gasteiger partial charge in [0.1, 0.15) is 0 Å². The second-order valence-electron chi connectivity index (χ2n) is 2.99. The third-order valence-corrected chi connectivity index (χ3v) is 2.78. The van der Waals surface area contributed by atoms with E-state index < -0.39 is 0 Å². The van der Waals surface area contributed by atoms with Crippen molar-refractivity contribution in [1.29, 1.82) is 0 Å². The summed E-state index contributed by atoms with van der Waals surface area (Å²) in [6.45, 7) is 0. The number of nitrogens with zero attached hydrogens (tertiary/aromatic N) is 4. The molecule has 76 valence electrons. The van der Waals surface area contributed by atoms with Gasteiger partial charge in [-0.1, -0.05) is 11.8 Å². The fourth-order valence-corrected chi connectivity index (χ4v) is 1.76. The molecule has 0 unspecified atom stereocenters. The number of aromatic nitrogens is 4. The average molecular weight is 214 g/mol. The van der Waals surface area contributed by atoms with Gasteiger partial charge >= 0.3 is 0 Å². The molecule has 2 rings (SSSR count). The molecule has 1 amide bonds. The molecule has 1 heterocycles. The summed E-state index contributed by atoms with van der Waals surface area (Å²) in [5, 5.41) is 11.9. The Morgan fingerprint density at radius 1 is 1.71 bits per heavy atom. The molecular formula is C6H10N6OS. The third kappa shape index (κ3) is 2.02. The van der Waals surface area contributed by atoms with E-state index >= 15 is 0 Å². The molecule has 1 aromatic rings. The van der Waals surface area contributed by atoms with E-state index in [1.165, 1.54) is 11.8 Å². The molecule has 0 radical (unpaired) electrons. The largest absolute Gasteiger partial charge is 0.294 e. The molecule has 0 atom stereocenters. The van der Waals surface area contributed by atoms with Gasteiger partial charge in [0.2, 0.25) is 11.1 Å². The normalized spacial score (nSPS) is 15.5. The van der Waals surface area contributed by atoms with E-state index in [4.69, 9.17) is 5.84 Å². The molecule has 1 aliphatic rings. The van der Waals surface area contributed by atoms with E-state index in [1.54, 1.807) is 4.68 Å². The summed E-state index contributed by atoms with van der Waals surface area (Å²) in [4.78, 5) is 10.9. The summed E-state index contributed by atoms with van der Waals surface area (Å²) in [5.41, 5.74) is 2.05. The Morgan fingerprint density at radius 3 is 3.14 bits per heavy atom. The Morgan fingerprint density at radius 2 is 2.50 bits per heavy atom. The smallest absolute Gasteiger partial charge is 0.244 e. The van der Waals surface area contributed by atoms with Crippen LogP contribution in [0.1, 0.15) is 18.9 Å². The Labute approximate surface area is 84.4 Å². The first kappa shape index (κ1) is 9.41. The molecule has 0 saturated heterocycles. The molecule has 0 aromatic carbocycles. The van der Waals surface area contributed by atoms with Gasteiger partial charge in [-0.3, -0.25) is 10.2 Å². The quantitative estimate of drug-likeness (QED) is 0.291. The van der Waals surface area contributed by atoms with E-state index in [0.29, 0.717) is 11.2 Å². The number of nitrogens with two attached hydrogens (primary N) is 1. The van der Waals surface area contributed by atoms with Crippen molar-refractivity contribution in [1.82, 2.24) is 25.6 Å². The minimum absolute atomic E-state index is 0.236. The van der Waals surface area contributed by atoms with Crippen LogP contribution in [0.25, 0.3) is 0 Å². The maximum atomic E-state index is 10.9. The number of hydrazine groups is 1. The first-order chi connectivity index (χ1) is 6.81. The second kappa shape index (κ2) is 3.93. The monoisotopic (exact) mass is 214 g/mol. The molecule has 1 fully saturated rings. The summed E-state index contributed by atoms with van der Waals surface area (Å²) in [7, 11) is 0. The average Bonchev–Trinajstić information content (AvgIpc) is 2.94. The van der Waals surface area contributed by atoms with Crippen molar-refractivity contribution in [3.05, 3.63) is 0 Å². The zero-order valence-electron chi connectivity index (χ0n) is 7.38. The molecule has 0 bridgehead atoms. The van der Waals surface area contributed by atoms with Crippen LogP contribution in [0.4, 0.5) is 0 Å². The fraction of sp³-hybridized carbons (Fsp3) is 0.667. The minimum Gasteiger partial charge on any atom is -0.294 e. The third-order valence-electron chi connectivity index (χ3n) is 1.85. The van der Waals surface area contributed by atoms with E-state index in [0.717, 1.165) is 12.8 Å². The number of hydrogen-bond acceptors (Lipinski definition) is 6. The zero-order chi connectivity index (χ0) is 9.97. The van der Waals surface area contributed by atoms with E-state index in [-0.39, 0.29) is 11.7 Å². The summed E-state index contributed by atoms with van der Waals surface area (Å²) in [6.07, 6.45) is 2.23. The number of tetrazole rings is 1.